The van der Waals surface area contributed by atoms with Crippen molar-refractivity contribution in [3.63, 3.8) is 0 Å². The van der Waals surface area contributed by atoms with E-state index in [0.717, 1.165) is 35.4 Å². The SMILES string of the molecule is Cc1ccc(N(CC(=O)NCCCOC2CCCC2)S(C)(=O)=O)cc1. The Morgan fingerprint density at radius 3 is 2.48 bits per heavy atom. The van der Waals surface area contributed by atoms with E-state index in [2.05, 4.69) is 5.32 Å². The lowest BCUT2D eigenvalue weighted by molar-refractivity contribution is -0.119. The summed E-state index contributed by atoms with van der Waals surface area (Å²) in [6.45, 7) is 2.82. The summed E-state index contributed by atoms with van der Waals surface area (Å²) in [6.07, 6.45) is 6.95. The fourth-order valence-corrected chi connectivity index (χ4v) is 3.76. The van der Waals surface area contributed by atoms with E-state index >= 15 is 0 Å². The third-order valence-electron chi connectivity index (χ3n) is 4.31. The van der Waals surface area contributed by atoms with Gasteiger partial charge in [0.2, 0.25) is 15.9 Å². The van der Waals surface area contributed by atoms with E-state index in [-0.39, 0.29) is 12.5 Å². The first-order chi connectivity index (χ1) is 11.9. The van der Waals surface area contributed by atoms with Crippen molar-refractivity contribution >= 4 is 21.6 Å². The first-order valence-electron chi connectivity index (χ1n) is 8.79. The Labute approximate surface area is 150 Å². The van der Waals surface area contributed by atoms with Gasteiger partial charge in [0.05, 0.1) is 18.0 Å². The Bertz CT molecular complexity index is 652. The van der Waals surface area contributed by atoms with Crippen LogP contribution >= 0.6 is 0 Å². The highest BCUT2D eigenvalue weighted by Crippen LogP contribution is 2.21. The first-order valence-corrected chi connectivity index (χ1v) is 10.6. The molecule has 0 saturated heterocycles. The third-order valence-corrected chi connectivity index (χ3v) is 5.45. The number of amides is 1. The highest BCUT2D eigenvalue weighted by molar-refractivity contribution is 7.92. The van der Waals surface area contributed by atoms with Gasteiger partial charge in [-0.05, 0) is 38.3 Å². The fraction of sp³-hybridized carbons (Fsp3) is 0.611. The van der Waals surface area contributed by atoms with Crippen LogP contribution in [0.1, 0.15) is 37.7 Å². The maximum Gasteiger partial charge on any atom is 0.240 e. The number of anilines is 1. The van der Waals surface area contributed by atoms with Crippen molar-refractivity contribution in [3.8, 4) is 0 Å². The molecule has 0 unspecified atom stereocenters. The van der Waals surface area contributed by atoms with Crippen molar-refractivity contribution < 1.29 is 17.9 Å². The number of rotatable bonds is 9. The molecular formula is C18H28N2O4S. The predicted octanol–water partition coefficient (Wildman–Crippen LogP) is 2.23. The molecule has 1 aliphatic carbocycles. The molecule has 0 atom stereocenters. The van der Waals surface area contributed by atoms with Crippen molar-refractivity contribution in [3.05, 3.63) is 29.8 Å². The van der Waals surface area contributed by atoms with Crippen molar-refractivity contribution in [2.45, 2.75) is 45.1 Å². The van der Waals surface area contributed by atoms with Gasteiger partial charge in [0.15, 0.2) is 0 Å². The highest BCUT2D eigenvalue weighted by atomic mass is 32.2. The minimum atomic E-state index is -3.52. The second-order valence-corrected chi connectivity index (χ2v) is 8.49. The molecule has 0 aliphatic heterocycles. The van der Waals surface area contributed by atoms with Gasteiger partial charge in [-0.15, -0.1) is 0 Å². The summed E-state index contributed by atoms with van der Waals surface area (Å²) in [4.78, 5) is 12.1. The number of ether oxygens (including phenoxy) is 1. The average Bonchev–Trinajstić information content (AvgIpc) is 3.06. The second kappa shape index (κ2) is 9.20. The van der Waals surface area contributed by atoms with E-state index < -0.39 is 10.0 Å². The van der Waals surface area contributed by atoms with Gasteiger partial charge in [0, 0.05) is 13.2 Å². The van der Waals surface area contributed by atoms with Gasteiger partial charge in [0.1, 0.15) is 6.54 Å². The molecular weight excluding hydrogens is 340 g/mol. The number of sulfonamides is 1. The number of carbonyl (C=O) groups excluding carboxylic acids is 1. The lowest BCUT2D eigenvalue weighted by Gasteiger charge is -2.22. The van der Waals surface area contributed by atoms with Gasteiger partial charge in [-0.2, -0.15) is 0 Å². The molecule has 6 nitrogen and oxygen atoms in total. The maximum atomic E-state index is 12.1. The second-order valence-electron chi connectivity index (χ2n) is 6.59. The fourth-order valence-electron chi connectivity index (χ4n) is 2.90. The van der Waals surface area contributed by atoms with Crippen molar-refractivity contribution in [2.24, 2.45) is 0 Å². The summed E-state index contributed by atoms with van der Waals surface area (Å²) in [5, 5.41) is 2.77. The van der Waals surface area contributed by atoms with Crippen molar-refractivity contribution in [1.29, 1.82) is 0 Å². The Morgan fingerprint density at radius 2 is 1.88 bits per heavy atom. The zero-order valence-electron chi connectivity index (χ0n) is 15.0. The number of nitrogens with one attached hydrogen (secondary N) is 1. The van der Waals surface area contributed by atoms with Gasteiger partial charge < -0.3 is 10.1 Å². The van der Waals surface area contributed by atoms with Crippen LogP contribution in [0.2, 0.25) is 0 Å². The normalized spacial score (nSPS) is 15.3. The topological polar surface area (TPSA) is 75.7 Å². The molecule has 0 aromatic heterocycles. The molecule has 7 heteroatoms. The molecule has 2 rings (SSSR count). The molecule has 25 heavy (non-hydrogen) atoms. The molecule has 1 saturated carbocycles. The van der Waals surface area contributed by atoms with Crippen LogP contribution in [0.4, 0.5) is 5.69 Å². The van der Waals surface area contributed by atoms with Gasteiger partial charge >= 0.3 is 0 Å². The van der Waals surface area contributed by atoms with E-state index in [1.54, 1.807) is 12.1 Å². The third kappa shape index (κ3) is 6.66. The van der Waals surface area contributed by atoms with Crippen LogP contribution in [0.15, 0.2) is 24.3 Å². The Hall–Kier alpha value is -1.60. The van der Waals surface area contributed by atoms with Gasteiger partial charge in [-0.3, -0.25) is 9.10 Å². The minimum absolute atomic E-state index is 0.217. The van der Waals surface area contributed by atoms with E-state index in [0.29, 0.717) is 24.9 Å². The molecule has 140 valence electrons. The van der Waals surface area contributed by atoms with Crippen LogP contribution in [-0.4, -0.2) is 46.4 Å². The highest BCUT2D eigenvalue weighted by Gasteiger charge is 2.20. The quantitative estimate of drug-likeness (QED) is 0.678. The van der Waals surface area contributed by atoms with Gasteiger partial charge in [-0.1, -0.05) is 30.5 Å². The van der Waals surface area contributed by atoms with Crippen LogP contribution < -0.4 is 9.62 Å². The molecule has 1 aromatic rings. The summed E-state index contributed by atoms with van der Waals surface area (Å²) < 4.78 is 30.9. The zero-order chi connectivity index (χ0) is 18.3. The maximum absolute atomic E-state index is 12.1. The number of hydrogen-bond donors (Lipinski definition) is 1. The standard InChI is InChI=1S/C18H28N2O4S/c1-15-8-10-16(11-9-15)20(25(2,22)23)14-18(21)19-12-5-13-24-17-6-3-4-7-17/h8-11,17H,3-7,12-14H2,1-2H3,(H,19,21). The Balaban J connectivity index is 1.78. The molecule has 0 radical (unpaired) electrons. The van der Waals surface area contributed by atoms with Gasteiger partial charge in [-0.25, -0.2) is 8.42 Å². The number of nitrogens with zero attached hydrogens (tertiary/aromatic N) is 1. The molecule has 0 heterocycles. The number of benzene rings is 1. The van der Waals surface area contributed by atoms with Crippen LogP contribution in [0, 0.1) is 6.92 Å². The summed E-state index contributed by atoms with van der Waals surface area (Å²) in [5.74, 6) is -0.313. The molecule has 1 N–H and O–H groups in total. The summed E-state index contributed by atoms with van der Waals surface area (Å²) in [6, 6.07) is 7.07. The molecule has 0 bridgehead atoms. The molecule has 1 fully saturated rings. The zero-order valence-corrected chi connectivity index (χ0v) is 15.8. The Morgan fingerprint density at radius 1 is 1.24 bits per heavy atom. The lowest BCUT2D eigenvalue weighted by atomic mass is 10.2. The predicted molar refractivity (Wildman–Crippen MR) is 99.2 cm³/mol. The largest absolute Gasteiger partial charge is 0.378 e. The monoisotopic (exact) mass is 368 g/mol. The van der Waals surface area contributed by atoms with Crippen molar-refractivity contribution in [2.75, 3.05) is 30.3 Å². The van der Waals surface area contributed by atoms with E-state index in [1.165, 1.54) is 12.8 Å². The van der Waals surface area contributed by atoms with E-state index in [1.807, 2.05) is 19.1 Å². The summed E-state index contributed by atoms with van der Waals surface area (Å²) >= 11 is 0. The number of aryl methyl sites for hydroxylation is 1. The molecule has 1 aliphatic rings. The number of hydrogen-bond acceptors (Lipinski definition) is 4. The first kappa shape index (κ1) is 19.7. The van der Waals surface area contributed by atoms with Crippen LogP contribution in [0.5, 0.6) is 0 Å². The minimum Gasteiger partial charge on any atom is -0.378 e. The average molecular weight is 368 g/mol. The molecule has 0 spiro atoms. The smallest absolute Gasteiger partial charge is 0.240 e. The van der Waals surface area contributed by atoms with Crippen LogP contribution in [0.25, 0.3) is 0 Å². The summed E-state index contributed by atoms with van der Waals surface area (Å²) in [7, 11) is -3.52. The lowest BCUT2D eigenvalue weighted by Crippen LogP contribution is -2.40. The van der Waals surface area contributed by atoms with Crippen LogP contribution in [0.3, 0.4) is 0 Å². The number of carbonyl (C=O) groups is 1. The summed E-state index contributed by atoms with van der Waals surface area (Å²) in [5.41, 5.74) is 1.52. The molecule has 1 amide bonds. The molecule has 1 aromatic carbocycles. The van der Waals surface area contributed by atoms with E-state index in [9.17, 15) is 13.2 Å². The van der Waals surface area contributed by atoms with Gasteiger partial charge in [0.25, 0.3) is 0 Å². The van der Waals surface area contributed by atoms with Crippen molar-refractivity contribution in [1.82, 2.24) is 5.32 Å². The Kier molecular flexibility index (Phi) is 7.25. The van der Waals surface area contributed by atoms with Crippen LogP contribution in [-0.2, 0) is 19.6 Å². The van der Waals surface area contributed by atoms with E-state index in [4.69, 9.17) is 4.74 Å².